The molecule has 1 aliphatic rings. The first-order valence-corrected chi connectivity index (χ1v) is 10.2. The van der Waals surface area contributed by atoms with Crippen molar-refractivity contribution >= 4 is 17.3 Å². The van der Waals surface area contributed by atoms with E-state index in [1.165, 1.54) is 30.3 Å². The van der Waals surface area contributed by atoms with Crippen LogP contribution in [0.5, 0.6) is 5.75 Å². The molecule has 1 saturated heterocycles. The van der Waals surface area contributed by atoms with Crippen LogP contribution < -0.4 is 9.64 Å². The van der Waals surface area contributed by atoms with Gasteiger partial charge in [0.25, 0.3) is 11.6 Å². The Labute approximate surface area is 183 Å². The summed E-state index contributed by atoms with van der Waals surface area (Å²) in [6.45, 7) is 5.77. The molecule has 0 saturated carbocycles. The van der Waals surface area contributed by atoms with Crippen LogP contribution in [0.3, 0.4) is 0 Å². The largest absolute Gasteiger partial charge is 0.492 e. The van der Waals surface area contributed by atoms with Gasteiger partial charge in [-0.2, -0.15) is 13.2 Å². The van der Waals surface area contributed by atoms with Gasteiger partial charge in [0.2, 0.25) is 0 Å². The fraction of sp³-hybridized carbons (Fsp3) is 0.409. The zero-order chi connectivity index (χ0) is 23.5. The van der Waals surface area contributed by atoms with Gasteiger partial charge in [-0.1, -0.05) is 13.8 Å². The van der Waals surface area contributed by atoms with Crippen molar-refractivity contribution in [3.8, 4) is 5.75 Å². The van der Waals surface area contributed by atoms with Crippen LogP contribution in [0.4, 0.5) is 24.5 Å². The molecule has 7 nitrogen and oxygen atoms in total. The quantitative estimate of drug-likeness (QED) is 0.474. The van der Waals surface area contributed by atoms with Crippen LogP contribution in [0.15, 0.2) is 42.5 Å². The summed E-state index contributed by atoms with van der Waals surface area (Å²) < 4.78 is 44.0. The number of piperazine rings is 1. The molecule has 0 bridgehead atoms. The monoisotopic (exact) mass is 451 g/mol. The minimum Gasteiger partial charge on any atom is -0.492 e. The molecule has 32 heavy (non-hydrogen) atoms. The number of halogens is 3. The smallest absolute Gasteiger partial charge is 0.416 e. The van der Waals surface area contributed by atoms with E-state index in [1.54, 1.807) is 4.90 Å². The third-order valence-electron chi connectivity index (χ3n) is 5.10. The van der Waals surface area contributed by atoms with E-state index in [-0.39, 0.29) is 23.1 Å². The number of benzene rings is 2. The highest BCUT2D eigenvalue weighted by Gasteiger charge is 2.31. The maximum absolute atomic E-state index is 13.1. The predicted molar refractivity (Wildman–Crippen MR) is 113 cm³/mol. The van der Waals surface area contributed by atoms with Crippen LogP contribution in [0.2, 0.25) is 0 Å². The molecule has 0 atom stereocenters. The molecule has 3 rings (SSSR count). The summed E-state index contributed by atoms with van der Waals surface area (Å²) in [6, 6.07) is 8.86. The summed E-state index contributed by atoms with van der Waals surface area (Å²) in [5.74, 6) is 0.124. The van der Waals surface area contributed by atoms with Crippen molar-refractivity contribution in [3.05, 3.63) is 63.7 Å². The Bertz CT molecular complexity index is 969. The van der Waals surface area contributed by atoms with Crippen LogP contribution in [-0.4, -0.2) is 48.5 Å². The number of ether oxygens (including phenoxy) is 1. The van der Waals surface area contributed by atoms with Crippen LogP contribution >= 0.6 is 0 Å². The lowest BCUT2D eigenvalue weighted by molar-refractivity contribution is -0.384. The molecule has 0 aliphatic carbocycles. The molecule has 2 aromatic carbocycles. The Hall–Kier alpha value is -3.30. The van der Waals surface area contributed by atoms with Crippen LogP contribution in [-0.2, 0) is 6.18 Å². The number of nitrogens with zero attached hydrogens (tertiary/aromatic N) is 3. The molecule has 10 heteroatoms. The molecule has 0 radical (unpaired) electrons. The molecule has 0 spiro atoms. The number of hydrogen-bond acceptors (Lipinski definition) is 5. The lowest BCUT2D eigenvalue weighted by Gasteiger charge is -2.36. The molecular weight excluding hydrogens is 427 g/mol. The Morgan fingerprint density at radius 1 is 1.09 bits per heavy atom. The summed E-state index contributed by atoms with van der Waals surface area (Å²) in [6.07, 6.45) is -4.39. The number of carbonyl (C=O) groups is 1. The molecule has 0 N–H and O–H groups in total. The first-order valence-electron chi connectivity index (χ1n) is 10.2. The normalized spacial score (nSPS) is 14.6. The topological polar surface area (TPSA) is 75.9 Å². The SMILES string of the molecule is CC(C)COc1ccc([N+](=O)[O-])cc1C(=O)N1CCN(c2ccc(C(F)(F)F)cc2)CC1. The minimum atomic E-state index is -4.39. The fourth-order valence-electron chi connectivity index (χ4n) is 3.38. The van der Waals surface area contributed by atoms with Crippen molar-refractivity contribution in [3.63, 3.8) is 0 Å². The number of anilines is 1. The van der Waals surface area contributed by atoms with Crippen molar-refractivity contribution in [1.29, 1.82) is 0 Å². The van der Waals surface area contributed by atoms with Crippen LogP contribution in [0.1, 0.15) is 29.8 Å². The number of hydrogen-bond donors (Lipinski definition) is 0. The maximum Gasteiger partial charge on any atom is 0.416 e. The standard InChI is InChI=1S/C22H24F3N3O4/c1-15(2)14-32-20-8-7-18(28(30)31)13-19(20)21(29)27-11-9-26(10-12-27)17-5-3-16(4-6-17)22(23,24)25/h3-8,13,15H,9-12,14H2,1-2H3. The highest BCUT2D eigenvalue weighted by Crippen LogP contribution is 2.31. The summed E-state index contributed by atoms with van der Waals surface area (Å²) >= 11 is 0. The second-order valence-electron chi connectivity index (χ2n) is 7.97. The molecule has 0 aromatic heterocycles. The lowest BCUT2D eigenvalue weighted by atomic mass is 10.1. The fourth-order valence-corrected chi connectivity index (χ4v) is 3.38. The van der Waals surface area contributed by atoms with Crippen molar-refractivity contribution in [2.45, 2.75) is 20.0 Å². The number of nitro benzene ring substituents is 1. The van der Waals surface area contributed by atoms with E-state index < -0.39 is 16.7 Å². The van der Waals surface area contributed by atoms with Crippen molar-refractivity contribution in [2.75, 3.05) is 37.7 Å². The van der Waals surface area contributed by atoms with Crippen LogP contribution in [0, 0.1) is 16.0 Å². The third-order valence-corrected chi connectivity index (χ3v) is 5.10. The number of rotatable bonds is 6. The Morgan fingerprint density at radius 3 is 2.25 bits per heavy atom. The maximum atomic E-state index is 13.1. The van der Waals surface area contributed by atoms with Crippen molar-refractivity contribution in [2.24, 2.45) is 5.92 Å². The summed E-state index contributed by atoms with van der Waals surface area (Å²) in [7, 11) is 0. The average molecular weight is 451 g/mol. The van der Waals surface area contributed by atoms with E-state index in [4.69, 9.17) is 4.74 Å². The first-order chi connectivity index (χ1) is 15.1. The van der Waals surface area contributed by atoms with Gasteiger partial charge in [-0.3, -0.25) is 14.9 Å². The Morgan fingerprint density at radius 2 is 1.72 bits per heavy atom. The molecule has 2 aromatic rings. The second-order valence-corrected chi connectivity index (χ2v) is 7.97. The van der Waals surface area contributed by atoms with Gasteiger partial charge in [-0.25, -0.2) is 0 Å². The van der Waals surface area contributed by atoms with E-state index in [2.05, 4.69) is 0 Å². The molecule has 172 valence electrons. The number of nitro groups is 1. The molecular formula is C22H24F3N3O4. The highest BCUT2D eigenvalue weighted by molar-refractivity contribution is 5.97. The van der Waals surface area contributed by atoms with E-state index in [1.807, 2.05) is 18.7 Å². The van der Waals surface area contributed by atoms with Gasteiger partial charge in [0, 0.05) is 44.0 Å². The molecule has 1 aliphatic heterocycles. The number of non-ortho nitro benzene ring substituents is 1. The molecule has 1 amide bonds. The third kappa shape index (κ3) is 5.49. The highest BCUT2D eigenvalue weighted by atomic mass is 19.4. The Kier molecular flexibility index (Phi) is 6.90. The lowest BCUT2D eigenvalue weighted by Crippen LogP contribution is -2.48. The number of amides is 1. The number of alkyl halides is 3. The molecule has 0 unspecified atom stereocenters. The minimum absolute atomic E-state index is 0.128. The van der Waals surface area contributed by atoms with Crippen molar-refractivity contribution in [1.82, 2.24) is 4.90 Å². The summed E-state index contributed by atoms with van der Waals surface area (Å²) in [5, 5.41) is 11.2. The van der Waals surface area contributed by atoms with Gasteiger partial charge < -0.3 is 14.5 Å². The van der Waals surface area contributed by atoms with Gasteiger partial charge in [0.1, 0.15) is 5.75 Å². The van der Waals surface area contributed by atoms with Gasteiger partial charge in [0.05, 0.1) is 22.7 Å². The zero-order valence-corrected chi connectivity index (χ0v) is 17.8. The Balaban J connectivity index is 1.72. The van der Waals surface area contributed by atoms with Crippen LogP contribution in [0.25, 0.3) is 0 Å². The van der Waals surface area contributed by atoms with E-state index in [0.717, 1.165) is 12.1 Å². The van der Waals surface area contributed by atoms with E-state index in [9.17, 15) is 28.1 Å². The zero-order valence-electron chi connectivity index (χ0n) is 17.8. The first kappa shape index (κ1) is 23.4. The summed E-state index contributed by atoms with van der Waals surface area (Å²) in [4.78, 5) is 27.2. The second kappa shape index (κ2) is 9.46. The van der Waals surface area contributed by atoms with Gasteiger partial charge in [-0.15, -0.1) is 0 Å². The van der Waals surface area contributed by atoms with Gasteiger partial charge in [0.15, 0.2) is 0 Å². The van der Waals surface area contributed by atoms with E-state index >= 15 is 0 Å². The van der Waals surface area contributed by atoms with Gasteiger partial charge >= 0.3 is 6.18 Å². The molecule has 1 heterocycles. The average Bonchev–Trinajstić information content (AvgIpc) is 2.76. The molecule has 1 fully saturated rings. The van der Waals surface area contributed by atoms with E-state index in [0.29, 0.717) is 44.2 Å². The van der Waals surface area contributed by atoms with Crippen molar-refractivity contribution < 1.29 is 27.6 Å². The number of carbonyl (C=O) groups excluding carboxylic acids is 1. The predicted octanol–water partition coefficient (Wildman–Crippen LogP) is 4.61. The van der Waals surface area contributed by atoms with Gasteiger partial charge in [-0.05, 0) is 36.2 Å². The summed E-state index contributed by atoms with van der Waals surface area (Å²) in [5.41, 5.74) is -0.146.